The van der Waals surface area contributed by atoms with E-state index in [-0.39, 0.29) is 19.4 Å². The second kappa shape index (κ2) is 18.3. The van der Waals surface area contributed by atoms with Gasteiger partial charge in [-0.25, -0.2) is 9.59 Å². The highest BCUT2D eigenvalue weighted by Crippen LogP contribution is 2.13. The van der Waals surface area contributed by atoms with Crippen LogP contribution < -0.4 is 21.3 Å². The Balaban J connectivity index is 5.10. The maximum absolute atomic E-state index is 12.7. The zero-order valence-electron chi connectivity index (χ0n) is 27.2. The summed E-state index contributed by atoms with van der Waals surface area (Å²) in [5.74, 6) is -3.71. The Morgan fingerprint density at radius 1 is 0.682 bits per heavy atom. The van der Waals surface area contributed by atoms with E-state index in [1.807, 2.05) is 0 Å². The van der Waals surface area contributed by atoms with Crippen LogP contribution in [0.1, 0.15) is 75.2 Å². The zero-order valence-corrected chi connectivity index (χ0v) is 27.2. The number of amides is 4. The molecule has 0 saturated carbocycles. The molecule has 4 amide bonds. The number of carbonyl (C=O) groups excluding carboxylic acids is 6. The van der Waals surface area contributed by atoms with Gasteiger partial charge >= 0.3 is 18.0 Å². The molecule has 0 aliphatic heterocycles. The molecule has 0 aromatic heterocycles. The van der Waals surface area contributed by atoms with Crippen molar-refractivity contribution >= 4 is 35.8 Å². The van der Waals surface area contributed by atoms with Crippen molar-refractivity contribution < 1.29 is 57.9 Å². The molecule has 0 spiro atoms. The van der Waals surface area contributed by atoms with Crippen LogP contribution >= 0.6 is 0 Å². The van der Waals surface area contributed by atoms with Crippen LogP contribution in [0.3, 0.4) is 0 Å². The maximum Gasteiger partial charge on any atom is 0.408 e. The molecule has 0 heterocycles. The molecule has 6 N–H and O–H groups in total. The smallest absolute Gasteiger partial charge is 0.408 e. The second-order valence-corrected chi connectivity index (χ2v) is 12.8. The standard InChI is InChI=1S/C28H50N4O12/c1-26(2,3)42-22(37)11-10-18(24(39)43-27(4,5)6)31-21(36)13-29-20(35)12-30-23(38)19(16-41-15-17(34)14-33)32-25(40)44-28(7,8)9/h17-19,33-34H,10-16H2,1-9H3,(H,29,35)(H,30,38)(H,31,36)(H,32,40)/t17?,18-,19-/m0/s1. The van der Waals surface area contributed by atoms with Gasteiger partial charge in [0.05, 0.1) is 32.9 Å². The number of hydrogen-bond acceptors (Lipinski definition) is 12. The van der Waals surface area contributed by atoms with Crippen molar-refractivity contribution in [2.45, 2.75) is 110 Å². The van der Waals surface area contributed by atoms with Gasteiger partial charge in [-0.1, -0.05) is 0 Å². The predicted octanol–water partition coefficient (Wildman–Crippen LogP) is -0.570. The van der Waals surface area contributed by atoms with Gasteiger partial charge in [-0.2, -0.15) is 0 Å². The van der Waals surface area contributed by atoms with E-state index >= 15 is 0 Å². The molecular weight excluding hydrogens is 584 g/mol. The van der Waals surface area contributed by atoms with Gasteiger partial charge in [0.2, 0.25) is 17.7 Å². The van der Waals surface area contributed by atoms with Crippen molar-refractivity contribution in [3.05, 3.63) is 0 Å². The molecular formula is C28H50N4O12. The van der Waals surface area contributed by atoms with E-state index in [1.165, 1.54) is 0 Å². The monoisotopic (exact) mass is 634 g/mol. The fourth-order valence-corrected chi connectivity index (χ4v) is 3.06. The molecule has 254 valence electrons. The van der Waals surface area contributed by atoms with Gasteiger partial charge < -0.3 is 50.4 Å². The molecule has 44 heavy (non-hydrogen) atoms. The van der Waals surface area contributed by atoms with Crippen molar-refractivity contribution in [3.8, 4) is 0 Å². The lowest BCUT2D eigenvalue weighted by Gasteiger charge is -2.25. The Labute approximate surface area is 258 Å². The molecule has 3 atom stereocenters. The van der Waals surface area contributed by atoms with Gasteiger partial charge in [0.15, 0.2) is 0 Å². The van der Waals surface area contributed by atoms with Gasteiger partial charge in [0, 0.05) is 6.42 Å². The quantitative estimate of drug-likeness (QED) is 0.0927. The lowest BCUT2D eigenvalue weighted by molar-refractivity contribution is -0.160. The van der Waals surface area contributed by atoms with Crippen molar-refractivity contribution in [1.82, 2.24) is 21.3 Å². The lowest BCUT2D eigenvalue weighted by atomic mass is 10.1. The van der Waals surface area contributed by atoms with Crippen LogP contribution in [0.5, 0.6) is 0 Å². The second-order valence-electron chi connectivity index (χ2n) is 12.8. The summed E-state index contributed by atoms with van der Waals surface area (Å²) in [5.41, 5.74) is -2.46. The molecule has 0 aromatic rings. The van der Waals surface area contributed by atoms with Crippen LogP contribution in [-0.2, 0) is 42.9 Å². The topological polar surface area (TPSA) is 228 Å². The number of hydrogen-bond donors (Lipinski definition) is 6. The number of ether oxygens (including phenoxy) is 4. The molecule has 0 radical (unpaired) electrons. The number of nitrogens with one attached hydrogen (secondary N) is 4. The molecule has 16 heteroatoms. The summed E-state index contributed by atoms with van der Waals surface area (Å²) in [5, 5.41) is 27.7. The minimum absolute atomic E-state index is 0.108. The van der Waals surface area contributed by atoms with E-state index in [4.69, 9.17) is 24.1 Å². The van der Waals surface area contributed by atoms with E-state index in [2.05, 4.69) is 21.3 Å². The average molecular weight is 635 g/mol. The number of aliphatic hydroxyl groups is 2. The highest BCUT2D eigenvalue weighted by molar-refractivity contribution is 5.92. The SMILES string of the molecule is CC(C)(C)OC(=O)CC[C@H](NC(=O)CNC(=O)CNC(=O)[C@H](COCC(O)CO)NC(=O)OC(C)(C)C)C(=O)OC(C)(C)C. The Morgan fingerprint density at radius 3 is 1.75 bits per heavy atom. The number of aliphatic hydroxyl groups excluding tert-OH is 2. The van der Waals surface area contributed by atoms with Gasteiger partial charge in [0.25, 0.3) is 0 Å². The first-order chi connectivity index (χ1) is 20.0. The first-order valence-corrected chi connectivity index (χ1v) is 14.2. The van der Waals surface area contributed by atoms with E-state index in [0.29, 0.717) is 0 Å². The highest BCUT2D eigenvalue weighted by Gasteiger charge is 2.29. The largest absolute Gasteiger partial charge is 0.460 e. The van der Waals surface area contributed by atoms with Crippen LogP contribution in [0, 0.1) is 0 Å². The normalized spacial score (nSPS) is 13.9. The first-order valence-electron chi connectivity index (χ1n) is 14.2. The fraction of sp³-hybridized carbons (Fsp3) is 0.786. The van der Waals surface area contributed by atoms with Crippen molar-refractivity contribution in [1.29, 1.82) is 0 Å². The van der Waals surface area contributed by atoms with Gasteiger partial charge in [0.1, 0.15) is 35.0 Å². The average Bonchev–Trinajstić information content (AvgIpc) is 2.84. The molecule has 1 unspecified atom stereocenters. The predicted molar refractivity (Wildman–Crippen MR) is 156 cm³/mol. The maximum atomic E-state index is 12.7. The minimum atomic E-state index is -1.33. The van der Waals surface area contributed by atoms with Crippen LogP contribution in [0.4, 0.5) is 4.79 Å². The summed E-state index contributed by atoms with van der Waals surface area (Å²) in [6.45, 7) is 12.4. The zero-order chi connectivity index (χ0) is 34.3. The molecule has 0 rings (SSSR count). The minimum Gasteiger partial charge on any atom is -0.460 e. The fourth-order valence-electron chi connectivity index (χ4n) is 3.06. The lowest BCUT2D eigenvalue weighted by Crippen LogP contribution is -2.53. The molecule has 0 bridgehead atoms. The van der Waals surface area contributed by atoms with Crippen molar-refractivity contribution in [2.24, 2.45) is 0 Å². The summed E-state index contributed by atoms with van der Waals surface area (Å²) in [7, 11) is 0. The summed E-state index contributed by atoms with van der Waals surface area (Å²) >= 11 is 0. The third-order valence-electron chi connectivity index (χ3n) is 4.77. The Kier molecular flexibility index (Phi) is 16.9. The van der Waals surface area contributed by atoms with E-state index < -0.39 is 97.0 Å². The first kappa shape index (κ1) is 40.5. The Hall–Kier alpha value is -3.50. The molecule has 0 aromatic carbocycles. The van der Waals surface area contributed by atoms with Crippen LogP contribution in [-0.4, -0.2) is 114 Å². The summed E-state index contributed by atoms with van der Waals surface area (Å²) < 4.78 is 20.9. The molecule has 0 fully saturated rings. The number of rotatable bonds is 16. The number of esters is 2. The third-order valence-corrected chi connectivity index (χ3v) is 4.77. The van der Waals surface area contributed by atoms with Gasteiger partial charge in [-0.05, 0) is 68.7 Å². The van der Waals surface area contributed by atoms with Crippen molar-refractivity contribution in [3.63, 3.8) is 0 Å². The van der Waals surface area contributed by atoms with Gasteiger partial charge in [-0.3, -0.25) is 19.2 Å². The summed E-state index contributed by atoms with van der Waals surface area (Å²) in [4.78, 5) is 74.5. The summed E-state index contributed by atoms with van der Waals surface area (Å²) in [6.07, 6.45) is -2.43. The summed E-state index contributed by atoms with van der Waals surface area (Å²) in [6, 6.07) is -2.53. The molecule has 0 saturated heterocycles. The van der Waals surface area contributed by atoms with E-state index in [9.17, 15) is 33.9 Å². The van der Waals surface area contributed by atoms with Gasteiger partial charge in [-0.15, -0.1) is 0 Å². The Morgan fingerprint density at radius 2 is 1.23 bits per heavy atom. The number of alkyl carbamates (subject to hydrolysis) is 1. The van der Waals surface area contributed by atoms with Crippen molar-refractivity contribution in [2.75, 3.05) is 32.9 Å². The van der Waals surface area contributed by atoms with Crippen LogP contribution in [0.15, 0.2) is 0 Å². The Bertz CT molecular complexity index is 983. The van der Waals surface area contributed by atoms with Crippen LogP contribution in [0.2, 0.25) is 0 Å². The molecule has 0 aliphatic rings. The number of carbonyl (C=O) groups is 6. The van der Waals surface area contributed by atoms with Crippen LogP contribution in [0.25, 0.3) is 0 Å². The molecule has 16 nitrogen and oxygen atoms in total. The van der Waals surface area contributed by atoms with E-state index in [0.717, 1.165) is 0 Å². The highest BCUT2D eigenvalue weighted by atomic mass is 16.6. The third kappa shape index (κ3) is 21.2. The molecule has 0 aliphatic carbocycles. The van der Waals surface area contributed by atoms with E-state index in [1.54, 1.807) is 62.3 Å².